The number of hydrogen-bond acceptors (Lipinski definition) is 2. The molecule has 22 heavy (non-hydrogen) atoms. The van der Waals surface area contributed by atoms with Crippen LogP contribution in [0.25, 0.3) is 0 Å². The molecule has 1 saturated heterocycles. The zero-order valence-electron chi connectivity index (χ0n) is 13.5. The van der Waals surface area contributed by atoms with Crippen molar-refractivity contribution >= 4 is 6.03 Å². The molecule has 0 aromatic heterocycles. The predicted molar refractivity (Wildman–Crippen MR) is 86.6 cm³/mol. The summed E-state index contributed by atoms with van der Waals surface area (Å²) in [7, 11) is 4.32. The fourth-order valence-corrected chi connectivity index (χ4v) is 4.36. The van der Waals surface area contributed by atoms with Crippen LogP contribution in [0, 0.1) is 5.92 Å². The summed E-state index contributed by atoms with van der Waals surface area (Å²) in [6.45, 7) is 1.76. The maximum absolute atomic E-state index is 12.3. The van der Waals surface area contributed by atoms with E-state index in [9.17, 15) is 4.79 Å². The standard InChI is InChI=1S/C18H25N3O/c1-20(2)18(15-6-4-3-5-7-15)11-17(12-18)13-19-16(22)21(17)10-14-8-9-14/h3-7,14H,8-13H2,1-2H3,(H,19,22)/t17-,18+. The Balaban J connectivity index is 1.60. The lowest BCUT2D eigenvalue weighted by molar-refractivity contribution is -0.0685. The molecule has 4 nitrogen and oxygen atoms in total. The minimum Gasteiger partial charge on any atom is -0.336 e. The van der Waals surface area contributed by atoms with Gasteiger partial charge in [0.1, 0.15) is 0 Å². The third-order valence-electron chi connectivity index (χ3n) is 5.93. The Morgan fingerprint density at radius 3 is 2.50 bits per heavy atom. The molecule has 3 fully saturated rings. The highest BCUT2D eigenvalue weighted by molar-refractivity contribution is 5.78. The van der Waals surface area contributed by atoms with Crippen molar-refractivity contribution in [1.29, 1.82) is 0 Å². The number of hydrogen-bond donors (Lipinski definition) is 1. The number of carbonyl (C=O) groups is 1. The molecule has 4 heteroatoms. The van der Waals surface area contributed by atoms with Gasteiger partial charge in [-0.25, -0.2) is 4.79 Å². The Labute approximate surface area is 132 Å². The third kappa shape index (κ3) is 1.97. The van der Waals surface area contributed by atoms with Crippen LogP contribution in [0.4, 0.5) is 4.79 Å². The van der Waals surface area contributed by atoms with Crippen molar-refractivity contribution in [2.75, 3.05) is 27.2 Å². The highest BCUT2D eigenvalue weighted by atomic mass is 16.2. The van der Waals surface area contributed by atoms with Gasteiger partial charge in [0.05, 0.1) is 11.1 Å². The van der Waals surface area contributed by atoms with Crippen LogP contribution in [0.5, 0.6) is 0 Å². The summed E-state index contributed by atoms with van der Waals surface area (Å²) in [6, 6.07) is 10.9. The Kier molecular flexibility index (Phi) is 3.02. The number of nitrogens with one attached hydrogen (secondary N) is 1. The summed E-state index contributed by atoms with van der Waals surface area (Å²) in [6.07, 6.45) is 4.64. The van der Waals surface area contributed by atoms with Crippen molar-refractivity contribution in [3.05, 3.63) is 35.9 Å². The monoisotopic (exact) mass is 299 g/mol. The minimum absolute atomic E-state index is 0.0276. The van der Waals surface area contributed by atoms with E-state index in [1.807, 2.05) is 0 Å². The molecule has 4 rings (SSSR count). The van der Waals surface area contributed by atoms with E-state index < -0.39 is 0 Å². The van der Waals surface area contributed by atoms with Crippen LogP contribution < -0.4 is 5.32 Å². The first-order valence-corrected chi connectivity index (χ1v) is 8.34. The van der Waals surface area contributed by atoms with Gasteiger partial charge in [0.2, 0.25) is 0 Å². The van der Waals surface area contributed by atoms with Crippen LogP contribution in [0.1, 0.15) is 31.2 Å². The molecule has 3 aliphatic rings. The molecule has 1 aromatic rings. The maximum Gasteiger partial charge on any atom is 0.318 e. The second kappa shape index (κ2) is 4.72. The van der Waals surface area contributed by atoms with Gasteiger partial charge in [-0.05, 0) is 51.3 Å². The van der Waals surface area contributed by atoms with Gasteiger partial charge in [-0.2, -0.15) is 0 Å². The van der Waals surface area contributed by atoms with Gasteiger partial charge >= 0.3 is 6.03 Å². The molecule has 1 spiro atoms. The lowest BCUT2D eigenvalue weighted by Gasteiger charge is -2.60. The lowest BCUT2D eigenvalue weighted by atomic mass is 9.58. The molecule has 1 aliphatic heterocycles. The van der Waals surface area contributed by atoms with Crippen molar-refractivity contribution in [1.82, 2.24) is 15.1 Å². The normalized spacial score (nSPS) is 34.1. The first kappa shape index (κ1) is 14.1. The molecule has 1 aromatic carbocycles. The second-order valence-corrected chi connectivity index (χ2v) is 7.58. The third-order valence-corrected chi connectivity index (χ3v) is 5.93. The maximum atomic E-state index is 12.3. The van der Waals surface area contributed by atoms with E-state index >= 15 is 0 Å². The Morgan fingerprint density at radius 1 is 1.23 bits per heavy atom. The van der Waals surface area contributed by atoms with Crippen LogP contribution in [0.3, 0.4) is 0 Å². The Hall–Kier alpha value is -1.55. The van der Waals surface area contributed by atoms with Gasteiger partial charge in [-0.3, -0.25) is 4.90 Å². The number of nitrogens with zero attached hydrogens (tertiary/aromatic N) is 2. The highest BCUT2D eigenvalue weighted by Crippen LogP contribution is 2.55. The molecule has 0 atom stereocenters. The van der Waals surface area contributed by atoms with Gasteiger partial charge in [0, 0.05) is 13.1 Å². The van der Waals surface area contributed by atoms with E-state index in [2.05, 4.69) is 59.5 Å². The number of benzene rings is 1. The van der Waals surface area contributed by atoms with Gasteiger partial charge in [-0.1, -0.05) is 30.3 Å². The summed E-state index contributed by atoms with van der Waals surface area (Å²) in [5.74, 6) is 0.742. The van der Waals surface area contributed by atoms with Crippen molar-refractivity contribution in [3.63, 3.8) is 0 Å². The van der Waals surface area contributed by atoms with Crippen LogP contribution in [0.15, 0.2) is 30.3 Å². The summed E-state index contributed by atoms with van der Waals surface area (Å²) in [4.78, 5) is 16.8. The van der Waals surface area contributed by atoms with E-state index in [1.54, 1.807) is 0 Å². The summed E-state index contributed by atoms with van der Waals surface area (Å²) in [5.41, 5.74) is 1.46. The average Bonchev–Trinajstić information content (AvgIpc) is 3.23. The van der Waals surface area contributed by atoms with Crippen molar-refractivity contribution in [3.8, 4) is 0 Å². The zero-order chi connectivity index (χ0) is 15.4. The number of amides is 2. The molecular weight excluding hydrogens is 274 g/mol. The Morgan fingerprint density at radius 2 is 1.91 bits per heavy atom. The van der Waals surface area contributed by atoms with Crippen LogP contribution >= 0.6 is 0 Å². The largest absolute Gasteiger partial charge is 0.336 e. The topological polar surface area (TPSA) is 35.6 Å². The molecule has 2 saturated carbocycles. The van der Waals surface area contributed by atoms with E-state index in [4.69, 9.17) is 0 Å². The van der Waals surface area contributed by atoms with Gasteiger partial charge in [0.25, 0.3) is 0 Å². The van der Waals surface area contributed by atoms with E-state index in [-0.39, 0.29) is 17.1 Å². The van der Waals surface area contributed by atoms with Crippen LogP contribution in [0.2, 0.25) is 0 Å². The minimum atomic E-state index is 0.0276. The first-order valence-electron chi connectivity index (χ1n) is 8.34. The molecule has 2 amide bonds. The lowest BCUT2D eigenvalue weighted by Crippen LogP contribution is -2.67. The smallest absolute Gasteiger partial charge is 0.318 e. The quantitative estimate of drug-likeness (QED) is 0.927. The number of urea groups is 1. The molecule has 1 N–H and O–H groups in total. The second-order valence-electron chi connectivity index (χ2n) is 7.58. The fraction of sp³-hybridized carbons (Fsp3) is 0.611. The van der Waals surface area contributed by atoms with E-state index in [0.717, 1.165) is 31.8 Å². The summed E-state index contributed by atoms with van der Waals surface area (Å²) in [5, 5.41) is 3.09. The first-order chi connectivity index (χ1) is 10.6. The summed E-state index contributed by atoms with van der Waals surface area (Å²) >= 11 is 0. The molecule has 0 radical (unpaired) electrons. The van der Waals surface area contributed by atoms with Crippen molar-refractivity contribution in [2.24, 2.45) is 5.92 Å². The molecule has 1 heterocycles. The molecule has 118 valence electrons. The fourth-order valence-electron chi connectivity index (χ4n) is 4.36. The van der Waals surface area contributed by atoms with Gasteiger partial charge in [-0.15, -0.1) is 0 Å². The molecule has 0 bridgehead atoms. The zero-order valence-corrected chi connectivity index (χ0v) is 13.5. The number of carbonyl (C=O) groups excluding carboxylic acids is 1. The van der Waals surface area contributed by atoms with Crippen molar-refractivity contribution in [2.45, 2.75) is 36.8 Å². The van der Waals surface area contributed by atoms with Crippen LogP contribution in [-0.4, -0.2) is 48.6 Å². The predicted octanol–water partition coefficient (Wildman–Crippen LogP) is 2.41. The summed E-state index contributed by atoms with van der Waals surface area (Å²) < 4.78 is 0. The molecule has 2 aliphatic carbocycles. The van der Waals surface area contributed by atoms with Crippen molar-refractivity contribution < 1.29 is 4.79 Å². The van der Waals surface area contributed by atoms with Crippen LogP contribution in [-0.2, 0) is 5.54 Å². The van der Waals surface area contributed by atoms with Gasteiger partial charge in [0.15, 0.2) is 0 Å². The SMILES string of the molecule is CN(C)[C@]1(c2ccccc2)C[C@@]2(CNC(=O)N2CC2CC2)C1. The van der Waals surface area contributed by atoms with Gasteiger partial charge < -0.3 is 10.2 Å². The highest BCUT2D eigenvalue weighted by Gasteiger charge is 2.63. The Bertz CT molecular complexity index is 573. The number of rotatable bonds is 4. The average molecular weight is 299 g/mol. The molecule has 0 unspecified atom stereocenters. The van der Waals surface area contributed by atoms with E-state index in [1.165, 1.54) is 18.4 Å². The van der Waals surface area contributed by atoms with E-state index in [0.29, 0.717) is 0 Å². The molecular formula is C18H25N3O.